The van der Waals surface area contributed by atoms with Crippen molar-refractivity contribution in [2.24, 2.45) is 5.73 Å². The van der Waals surface area contributed by atoms with E-state index >= 15 is 0 Å². The Balaban J connectivity index is -0.000000107. The molecule has 0 rings (SSSR count). The van der Waals surface area contributed by atoms with Gasteiger partial charge in [-0.1, -0.05) is 0 Å². The minimum absolute atomic E-state index is 0. The maximum atomic E-state index is 10.1. The van der Waals surface area contributed by atoms with Crippen molar-refractivity contribution >= 4 is 30.8 Å². The molecule has 0 unspecified atom stereocenters. The standard InChI is InChI=1S/C5H12N2O2.2ClH.H2O/c1-7(2)3-4(6)5(8)9;;;/h4H,3,6H2,1-2H3,(H,8,9);2*1H;1H2/t4-;;;/m0.../s1. The van der Waals surface area contributed by atoms with Crippen LogP contribution in [0.5, 0.6) is 0 Å². The molecule has 0 radical (unpaired) electrons. The molecule has 0 bridgehead atoms. The van der Waals surface area contributed by atoms with Gasteiger partial charge in [0.15, 0.2) is 0 Å². The fourth-order valence-corrected chi connectivity index (χ4v) is 0.471. The van der Waals surface area contributed by atoms with E-state index in [1.165, 1.54) is 0 Å². The van der Waals surface area contributed by atoms with E-state index in [9.17, 15) is 4.79 Å². The summed E-state index contributed by atoms with van der Waals surface area (Å²) in [6.07, 6.45) is 0. The molecule has 0 aliphatic carbocycles. The third-order valence-electron chi connectivity index (χ3n) is 0.879. The van der Waals surface area contributed by atoms with Gasteiger partial charge in [-0.3, -0.25) is 4.79 Å². The number of aliphatic carboxylic acids is 1. The summed E-state index contributed by atoms with van der Waals surface area (Å²) >= 11 is 0. The predicted octanol–water partition coefficient (Wildman–Crippen LogP) is -1.02. The maximum Gasteiger partial charge on any atom is 0.321 e. The minimum Gasteiger partial charge on any atom is -0.480 e. The van der Waals surface area contributed by atoms with Crippen LogP contribution in [0, 0.1) is 0 Å². The Bertz CT molecular complexity index is 113. The van der Waals surface area contributed by atoms with E-state index in [0.29, 0.717) is 6.54 Å². The fraction of sp³-hybridized carbons (Fsp3) is 0.800. The highest BCUT2D eigenvalue weighted by Crippen LogP contribution is 1.80. The molecule has 0 aromatic carbocycles. The van der Waals surface area contributed by atoms with Crippen molar-refractivity contribution in [1.29, 1.82) is 0 Å². The fourth-order valence-electron chi connectivity index (χ4n) is 0.471. The molecular formula is C5H16Cl2N2O3. The Morgan fingerprint density at radius 2 is 1.83 bits per heavy atom. The van der Waals surface area contributed by atoms with Gasteiger partial charge in [0.25, 0.3) is 0 Å². The minimum atomic E-state index is -0.955. The van der Waals surface area contributed by atoms with Gasteiger partial charge in [-0.15, -0.1) is 24.8 Å². The molecule has 0 spiro atoms. The van der Waals surface area contributed by atoms with Crippen LogP contribution in [0.25, 0.3) is 0 Å². The lowest BCUT2D eigenvalue weighted by atomic mass is 10.3. The van der Waals surface area contributed by atoms with Gasteiger partial charge < -0.3 is 21.2 Å². The normalized spacial score (nSPS) is 10.3. The first-order valence-corrected chi connectivity index (χ1v) is 2.67. The average molecular weight is 223 g/mol. The number of hydrogen-bond donors (Lipinski definition) is 2. The van der Waals surface area contributed by atoms with Gasteiger partial charge >= 0.3 is 5.97 Å². The van der Waals surface area contributed by atoms with Gasteiger partial charge in [0.05, 0.1) is 0 Å². The van der Waals surface area contributed by atoms with Crippen LogP contribution < -0.4 is 5.73 Å². The quantitative estimate of drug-likeness (QED) is 0.639. The Morgan fingerprint density at radius 1 is 1.50 bits per heavy atom. The number of carbonyl (C=O) groups is 1. The van der Waals surface area contributed by atoms with Gasteiger partial charge in [0, 0.05) is 6.54 Å². The molecule has 5 N–H and O–H groups in total. The van der Waals surface area contributed by atoms with E-state index in [1.807, 2.05) is 0 Å². The van der Waals surface area contributed by atoms with Crippen LogP contribution in [0.3, 0.4) is 0 Å². The molecule has 1 atom stereocenters. The zero-order chi connectivity index (χ0) is 7.44. The highest BCUT2D eigenvalue weighted by atomic mass is 35.5. The van der Waals surface area contributed by atoms with Gasteiger partial charge in [-0.2, -0.15) is 0 Å². The molecule has 0 aromatic rings. The van der Waals surface area contributed by atoms with E-state index in [0.717, 1.165) is 0 Å². The number of hydrogen-bond acceptors (Lipinski definition) is 3. The molecule has 0 amide bonds. The van der Waals surface area contributed by atoms with Crippen molar-refractivity contribution in [3.05, 3.63) is 0 Å². The topological polar surface area (TPSA) is 98.1 Å². The molecule has 0 fully saturated rings. The van der Waals surface area contributed by atoms with Crippen molar-refractivity contribution in [1.82, 2.24) is 4.90 Å². The molecule has 0 heterocycles. The summed E-state index contributed by atoms with van der Waals surface area (Å²) in [5, 5.41) is 8.28. The second-order valence-corrected chi connectivity index (χ2v) is 2.21. The summed E-state index contributed by atoms with van der Waals surface area (Å²) < 4.78 is 0. The number of carboxylic acids is 1. The van der Waals surface area contributed by atoms with Crippen molar-refractivity contribution < 1.29 is 15.4 Å². The first-order chi connectivity index (χ1) is 4.04. The predicted molar refractivity (Wildman–Crippen MR) is 52.3 cm³/mol. The summed E-state index contributed by atoms with van der Waals surface area (Å²) in [6, 6.07) is -0.764. The highest BCUT2D eigenvalue weighted by molar-refractivity contribution is 5.85. The molecule has 5 nitrogen and oxygen atoms in total. The zero-order valence-electron chi connectivity index (χ0n) is 6.98. The van der Waals surface area contributed by atoms with Crippen molar-refractivity contribution in [2.75, 3.05) is 20.6 Å². The van der Waals surface area contributed by atoms with Gasteiger partial charge in [0.2, 0.25) is 0 Å². The number of halogens is 2. The summed E-state index contributed by atoms with van der Waals surface area (Å²) in [7, 11) is 3.56. The summed E-state index contributed by atoms with van der Waals surface area (Å²) in [6.45, 7) is 0.384. The van der Waals surface area contributed by atoms with Crippen molar-refractivity contribution in [3.8, 4) is 0 Å². The van der Waals surface area contributed by atoms with Crippen LogP contribution in [0.1, 0.15) is 0 Å². The molecule has 0 aliphatic rings. The maximum absolute atomic E-state index is 10.1. The van der Waals surface area contributed by atoms with Crippen LogP contribution in [-0.4, -0.2) is 48.1 Å². The molecule has 0 saturated carbocycles. The largest absolute Gasteiger partial charge is 0.480 e. The third kappa shape index (κ3) is 12.6. The van der Waals surface area contributed by atoms with E-state index in [1.54, 1.807) is 19.0 Å². The van der Waals surface area contributed by atoms with E-state index in [4.69, 9.17) is 10.8 Å². The van der Waals surface area contributed by atoms with Crippen molar-refractivity contribution in [2.45, 2.75) is 6.04 Å². The lowest BCUT2D eigenvalue weighted by Crippen LogP contribution is -2.39. The average Bonchev–Trinajstić information content (AvgIpc) is 1.63. The van der Waals surface area contributed by atoms with Crippen LogP contribution in [-0.2, 0) is 4.79 Å². The second-order valence-electron chi connectivity index (χ2n) is 2.21. The molecule has 0 aliphatic heterocycles. The Hall–Kier alpha value is -0.0700. The number of nitrogens with zero attached hydrogens (tertiary/aromatic N) is 1. The Morgan fingerprint density at radius 3 is 1.92 bits per heavy atom. The zero-order valence-corrected chi connectivity index (χ0v) is 8.61. The SMILES string of the molecule is CN(C)C[C@H](N)C(=O)O.Cl.Cl.O. The number of rotatable bonds is 3. The number of carboxylic acid groups (broad SMARTS) is 1. The lowest BCUT2D eigenvalue weighted by Gasteiger charge is -2.11. The molecule has 0 aromatic heterocycles. The molecule has 12 heavy (non-hydrogen) atoms. The number of nitrogens with two attached hydrogens (primary N) is 1. The van der Waals surface area contributed by atoms with Crippen LogP contribution in [0.2, 0.25) is 0 Å². The van der Waals surface area contributed by atoms with E-state index in [-0.39, 0.29) is 30.3 Å². The smallest absolute Gasteiger partial charge is 0.321 e. The molecule has 78 valence electrons. The summed E-state index contributed by atoms with van der Waals surface area (Å²) in [5.41, 5.74) is 5.18. The monoisotopic (exact) mass is 222 g/mol. The number of likely N-dealkylation sites (N-methyl/N-ethyl adjacent to an activating group) is 1. The Labute approximate surface area is 84.0 Å². The first kappa shape index (κ1) is 22.7. The first-order valence-electron chi connectivity index (χ1n) is 2.67. The van der Waals surface area contributed by atoms with Gasteiger partial charge in [0.1, 0.15) is 6.04 Å². The lowest BCUT2D eigenvalue weighted by molar-refractivity contribution is -0.138. The molecular weight excluding hydrogens is 207 g/mol. The summed E-state index contributed by atoms with van der Waals surface area (Å²) in [4.78, 5) is 11.8. The molecule has 0 saturated heterocycles. The molecule has 7 heteroatoms. The highest BCUT2D eigenvalue weighted by Gasteiger charge is 2.10. The Kier molecular flexibility index (Phi) is 20.6. The van der Waals surface area contributed by atoms with Crippen LogP contribution >= 0.6 is 24.8 Å². The van der Waals surface area contributed by atoms with Crippen LogP contribution in [0.15, 0.2) is 0 Å². The van der Waals surface area contributed by atoms with Gasteiger partial charge in [-0.25, -0.2) is 0 Å². The third-order valence-corrected chi connectivity index (χ3v) is 0.879. The van der Waals surface area contributed by atoms with E-state index < -0.39 is 12.0 Å². The van der Waals surface area contributed by atoms with Crippen molar-refractivity contribution in [3.63, 3.8) is 0 Å². The second kappa shape index (κ2) is 10.9. The summed E-state index contributed by atoms with van der Waals surface area (Å²) in [5.74, 6) is -0.955. The van der Waals surface area contributed by atoms with E-state index in [2.05, 4.69) is 0 Å². The van der Waals surface area contributed by atoms with Crippen LogP contribution in [0.4, 0.5) is 0 Å². The van der Waals surface area contributed by atoms with Gasteiger partial charge in [-0.05, 0) is 14.1 Å².